The number of hydrogen-bond donors (Lipinski definition) is 0. The number of benzene rings is 1. The largest absolute Gasteiger partial charge is 0.357 e. The molecule has 3 rings (SSSR count). The van der Waals surface area contributed by atoms with Crippen LogP contribution in [0.15, 0.2) is 41.0 Å². The van der Waals surface area contributed by atoms with Crippen LogP contribution >= 0.6 is 15.9 Å². The van der Waals surface area contributed by atoms with Crippen molar-refractivity contribution >= 4 is 15.9 Å². The van der Waals surface area contributed by atoms with E-state index in [9.17, 15) is 0 Å². The zero-order valence-corrected chi connectivity index (χ0v) is 11.6. The van der Waals surface area contributed by atoms with Gasteiger partial charge in [0, 0.05) is 22.8 Å². The summed E-state index contributed by atoms with van der Waals surface area (Å²) in [6, 6.07) is 10.2. The van der Waals surface area contributed by atoms with Crippen molar-refractivity contribution in [1.29, 1.82) is 0 Å². The summed E-state index contributed by atoms with van der Waals surface area (Å²) in [5.74, 6) is 0. The van der Waals surface area contributed by atoms with Crippen molar-refractivity contribution in [2.45, 2.75) is 25.5 Å². The fourth-order valence-corrected chi connectivity index (χ4v) is 2.47. The summed E-state index contributed by atoms with van der Waals surface area (Å²) in [5, 5.41) is 4.61. The number of ether oxygens (including phenoxy) is 1. The van der Waals surface area contributed by atoms with Crippen LogP contribution < -0.4 is 0 Å². The van der Waals surface area contributed by atoms with Crippen molar-refractivity contribution in [1.82, 2.24) is 9.78 Å². The highest BCUT2D eigenvalue weighted by Gasteiger charge is 2.16. The van der Waals surface area contributed by atoms with Crippen LogP contribution in [0.2, 0.25) is 0 Å². The van der Waals surface area contributed by atoms with Crippen molar-refractivity contribution < 1.29 is 4.74 Å². The van der Waals surface area contributed by atoms with Crippen LogP contribution in [0.3, 0.4) is 0 Å². The molecule has 2 heterocycles. The molecule has 3 nitrogen and oxygen atoms in total. The summed E-state index contributed by atoms with van der Waals surface area (Å²) in [4.78, 5) is 0. The fraction of sp³-hybridized carbons (Fsp3) is 0.357. The molecule has 4 heteroatoms. The molecule has 1 unspecified atom stereocenters. The molecule has 0 saturated carbocycles. The minimum absolute atomic E-state index is 0.114. The van der Waals surface area contributed by atoms with Crippen LogP contribution in [-0.2, 0) is 4.74 Å². The Hall–Kier alpha value is -1.13. The van der Waals surface area contributed by atoms with Crippen molar-refractivity contribution in [2.75, 3.05) is 6.61 Å². The van der Waals surface area contributed by atoms with Crippen molar-refractivity contribution in [3.8, 4) is 11.3 Å². The maximum Gasteiger partial charge on any atom is 0.150 e. The highest BCUT2D eigenvalue weighted by Crippen LogP contribution is 2.25. The Kier molecular flexibility index (Phi) is 3.48. The number of hydrogen-bond acceptors (Lipinski definition) is 2. The Morgan fingerprint density at radius 1 is 1.17 bits per heavy atom. The van der Waals surface area contributed by atoms with E-state index in [0.717, 1.165) is 35.2 Å². The third kappa shape index (κ3) is 2.49. The molecule has 0 bridgehead atoms. The predicted molar refractivity (Wildman–Crippen MR) is 74.2 cm³/mol. The zero-order valence-electron chi connectivity index (χ0n) is 10.1. The monoisotopic (exact) mass is 306 g/mol. The van der Waals surface area contributed by atoms with Gasteiger partial charge in [0.1, 0.15) is 6.23 Å². The summed E-state index contributed by atoms with van der Waals surface area (Å²) >= 11 is 3.44. The van der Waals surface area contributed by atoms with Gasteiger partial charge in [-0.1, -0.05) is 28.1 Å². The average molecular weight is 307 g/mol. The molecule has 1 aliphatic rings. The Morgan fingerprint density at radius 2 is 2.00 bits per heavy atom. The van der Waals surface area contributed by atoms with E-state index in [0.29, 0.717) is 0 Å². The maximum absolute atomic E-state index is 5.73. The van der Waals surface area contributed by atoms with Gasteiger partial charge < -0.3 is 4.74 Å². The first-order chi connectivity index (χ1) is 8.83. The van der Waals surface area contributed by atoms with E-state index in [1.165, 1.54) is 6.42 Å². The molecule has 1 atom stereocenters. The van der Waals surface area contributed by atoms with E-state index in [2.05, 4.69) is 33.2 Å². The van der Waals surface area contributed by atoms with Gasteiger partial charge in [0.2, 0.25) is 0 Å². The standard InChI is InChI=1S/C14H15BrN2O/c15-12-6-4-11(5-7-12)13-8-9-17(16-13)14-3-1-2-10-18-14/h4-9,14H,1-3,10H2. The van der Waals surface area contributed by atoms with Gasteiger partial charge in [0.15, 0.2) is 0 Å². The molecular weight excluding hydrogens is 292 g/mol. The first kappa shape index (κ1) is 11.9. The maximum atomic E-state index is 5.73. The molecule has 0 radical (unpaired) electrons. The summed E-state index contributed by atoms with van der Waals surface area (Å²) in [5.41, 5.74) is 2.13. The highest BCUT2D eigenvalue weighted by atomic mass is 79.9. The van der Waals surface area contributed by atoms with E-state index < -0.39 is 0 Å². The van der Waals surface area contributed by atoms with Crippen LogP contribution in [0, 0.1) is 0 Å². The molecule has 0 N–H and O–H groups in total. The molecule has 1 fully saturated rings. The van der Waals surface area contributed by atoms with Gasteiger partial charge in [-0.25, -0.2) is 4.68 Å². The Morgan fingerprint density at radius 3 is 2.72 bits per heavy atom. The van der Waals surface area contributed by atoms with Crippen molar-refractivity contribution in [3.63, 3.8) is 0 Å². The number of aromatic nitrogens is 2. The molecule has 2 aromatic rings. The Bertz CT molecular complexity index is 515. The van der Waals surface area contributed by atoms with Crippen LogP contribution in [0.5, 0.6) is 0 Å². The van der Waals surface area contributed by atoms with Gasteiger partial charge in [0.05, 0.1) is 5.69 Å². The van der Waals surface area contributed by atoms with Crippen LogP contribution in [0.4, 0.5) is 0 Å². The third-order valence-corrected chi connectivity index (χ3v) is 3.73. The quantitative estimate of drug-likeness (QED) is 0.838. The summed E-state index contributed by atoms with van der Waals surface area (Å²) in [7, 11) is 0. The van der Waals surface area contributed by atoms with Crippen LogP contribution in [0.1, 0.15) is 25.5 Å². The lowest BCUT2D eigenvalue weighted by molar-refractivity contribution is -0.0393. The van der Waals surface area contributed by atoms with E-state index in [1.54, 1.807) is 0 Å². The van der Waals surface area contributed by atoms with Crippen LogP contribution in [-0.4, -0.2) is 16.4 Å². The molecule has 94 valence electrons. The smallest absolute Gasteiger partial charge is 0.150 e. The van der Waals surface area contributed by atoms with E-state index in [1.807, 2.05) is 29.1 Å². The van der Waals surface area contributed by atoms with Gasteiger partial charge >= 0.3 is 0 Å². The molecule has 1 aromatic carbocycles. The van der Waals surface area contributed by atoms with E-state index in [4.69, 9.17) is 4.74 Å². The molecule has 1 saturated heterocycles. The van der Waals surface area contributed by atoms with Gasteiger partial charge in [0.25, 0.3) is 0 Å². The minimum Gasteiger partial charge on any atom is -0.357 e. The van der Waals surface area contributed by atoms with Crippen molar-refractivity contribution in [3.05, 3.63) is 41.0 Å². The second-order valence-electron chi connectivity index (χ2n) is 4.51. The van der Waals surface area contributed by atoms with E-state index >= 15 is 0 Å². The van der Waals surface area contributed by atoms with Crippen molar-refractivity contribution in [2.24, 2.45) is 0 Å². The second kappa shape index (κ2) is 5.24. The number of rotatable bonds is 2. The first-order valence-electron chi connectivity index (χ1n) is 6.25. The minimum atomic E-state index is 0.114. The predicted octanol–water partition coefficient (Wildman–Crippen LogP) is 4.01. The van der Waals surface area contributed by atoms with E-state index in [-0.39, 0.29) is 6.23 Å². The average Bonchev–Trinajstić information content (AvgIpc) is 2.90. The molecule has 0 aliphatic carbocycles. The second-order valence-corrected chi connectivity index (χ2v) is 5.42. The molecule has 0 spiro atoms. The lowest BCUT2D eigenvalue weighted by Crippen LogP contribution is -2.18. The molecule has 1 aliphatic heterocycles. The summed E-state index contributed by atoms with van der Waals surface area (Å²) in [6.45, 7) is 0.845. The molecule has 18 heavy (non-hydrogen) atoms. The van der Waals surface area contributed by atoms with Gasteiger partial charge in [-0.15, -0.1) is 0 Å². The first-order valence-corrected chi connectivity index (χ1v) is 7.05. The van der Waals surface area contributed by atoms with Gasteiger partial charge in [-0.05, 0) is 37.5 Å². The normalized spacial score (nSPS) is 19.9. The topological polar surface area (TPSA) is 27.1 Å². The lowest BCUT2D eigenvalue weighted by Gasteiger charge is -2.22. The van der Waals surface area contributed by atoms with Crippen LogP contribution in [0.25, 0.3) is 11.3 Å². The fourth-order valence-electron chi connectivity index (χ4n) is 2.21. The van der Waals surface area contributed by atoms with Gasteiger partial charge in [-0.3, -0.25) is 0 Å². The lowest BCUT2D eigenvalue weighted by atomic mass is 10.2. The highest BCUT2D eigenvalue weighted by molar-refractivity contribution is 9.10. The Labute approximate surface area is 115 Å². The molecular formula is C14H15BrN2O. The van der Waals surface area contributed by atoms with Gasteiger partial charge in [-0.2, -0.15) is 5.10 Å². The summed E-state index contributed by atoms with van der Waals surface area (Å²) < 4.78 is 8.75. The third-order valence-electron chi connectivity index (χ3n) is 3.20. The SMILES string of the molecule is Brc1ccc(-c2ccn(C3CCCCO3)n2)cc1. The number of halogens is 1. The molecule has 1 aromatic heterocycles. The molecule has 0 amide bonds. The number of nitrogens with zero attached hydrogens (tertiary/aromatic N) is 2. The Balaban J connectivity index is 1.82. The summed E-state index contributed by atoms with van der Waals surface area (Å²) in [6.07, 6.45) is 5.56. The zero-order chi connectivity index (χ0) is 12.4.